The molecule has 0 radical (unpaired) electrons. The zero-order valence-electron chi connectivity index (χ0n) is 22.1. The van der Waals surface area contributed by atoms with Crippen LogP contribution in [0.3, 0.4) is 0 Å². The first-order valence-electron chi connectivity index (χ1n) is 12.4. The Hall–Kier alpha value is -3.67. The van der Waals surface area contributed by atoms with Crippen LogP contribution in [0.5, 0.6) is 5.75 Å². The molecule has 2 bridgehead atoms. The van der Waals surface area contributed by atoms with Crippen LogP contribution in [-0.2, 0) is 27.5 Å². The third-order valence-corrected chi connectivity index (χ3v) is 6.22. The predicted molar refractivity (Wildman–Crippen MR) is 139 cm³/mol. The largest absolute Gasteiger partial charge is 0.493 e. The van der Waals surface area contributed by atoms with E-state index in [1.165, 1.54) is 26.0 Å². The summed E-state index contributed by atoms with van der Waals surface area (Å²) in [5.74, 6) is -2.07. The Labute approximate surface area is 226 Å². The van der Waals surface area contributed by atoms with Gasteiger partial charge < -0.3 is 26.0 Å². The second-order valence-electron chi connectivity index (χ2n) is 10.0. The van der Waals surface area contributed by atoms with E-state index in [1.807, 2.05) is 0 Å². The number of nitrogens with one attached hydrogen (secondary N) is 4. The number of rotatable bonds is 1. The van der Waals surface area contributed by atoms with Crippen molar-refractivity contribution >= 4 is 35.2 Å². The van der Waals surface area contributed by atoms with Gasteiger partial charge in [0.1, 0.15) is 29.1 Å². The zero-order valence-corrected chi connectivity index (χ0v) is 22.9. The average molecular weight is 548 g/mol. The number of nitrogens with zero attached hydrogens (tertiary/aromatic N) is 3. The molecule has 0 aliphatic carbocycles. The molecular weight excluding hydrogens is 514 g/mol. The molecule has 13 heteroatoms. The van der Waals surface area contributed by atoms with Crippen molar-refractivity contribution in [1.29, 1.82) is 0 Å². The van der Waals surface area contributed by atoms with Crippen LogP contribution in [0, 0.1) is 5.92 Å². The van der Waals surface area contributed by atoms with Gasteiger partial charge in [-0.25, -0.2) is 0 Å². The Morgan fingerprint density at radius 3 is 2.58 bits per heavy atom. The van der Waals surface area contributed by atoms with Crippen LogP contribution in [0.1, 0.15) is 57.1 Å². The van der Waals surface area contributed by atoms with Gasteiger partial charge in [0, 0.05) is 18.0 Å². The first-order chi connectivity index (χ1) is 17.9. The van der Waals surface area contributed by atoms with Gasteiger partial charge >= 0.3 is 0 Å². The number of fused-ring (bicyclic) bond motifs is 3. The lowest BCUT2D eigenvalue weighted by atomic mass is 9.98. The molecule has 1 aliphatic rings. The number of halogens is 1. The van der Waals surface area contributed by atoms with Crippen molar-refractivity contribution in [2.24, 2.45) is 5.92 Å². The number of hydrogen-bond donors (Lipinski definition) is 4. The van der Waals surface area contributed by atoms with Crippen molar-refractivity contribution in [3.05, 3.63) is 40.7 Å². The van der Waals surface area contributed by atoms with Crippen LogP contribution in [0.2, 0.25) is 5.02 Å². The molecule has 3 rings (SSSR count). The third-order valence-electron chi connectivity index (χ3n) is 5.99. The number of amides is 4. The first-order valence-corrected chi connectivity index (χ1v) is 12.8. The number of aryl methyl sites for hydroxylation is 1. The smallest absolute Gasteiger partial charge is 0.255 e. The van der Waals surface area contributed by atoms with E-state index in [0.717, 1.165) is 0 Å². The van der Waals surface area contributed by atoms with Gasteiger partial charge in [-0.2, -0.15) is 0 Å². The Balaban J connectivity index is 1.88. The van der Waals surface area contributed by atoms with Crippen LogP contribution in [0.15, 0.2) is 24.4 Å². The molecule has 0 fully saturated rings. The van der Waals surface area contributed by atoms with Crippen molar-refractivity contribution in [1.82, 2.24) is 36.3 Å². The fourth-order valence-corrected chi connectivity index (χ4v) is 3.87. The maximum Gasteiger partial charge on any atom is 0.255 e. The van der Waals surface area contributed by atoms with Gasteiger partial charge in [-0.3, -0.25) is 23.9 Å². The molecule has 2 heterocycles. The van der Waals surface area contributed by atoms with Gasteiger partial charge in [-0.1, -0.05) is 30.7 Å². The van der Waals surface area contributed by atoms with E-state index in [1.54, 1.807) is 37.7 Å². The van der Waals surface area contributed by atoms with Crippen LogP contribution < -0.4 is 26.0 Å². The Morgan fingerprint density at radius 2 is 1.87 bits per heavy atom. The maximum absolute atomic E-state index is 13.2. The summed E-state index contributed by atoms with van der Waals surface area (Å²) >= 11 is 6.14. The van der Waals surface area contributed by atoms with Crippen molar-refractivity contribution in [3.63, 3.8) is 0 Å². The molecule has 4 N–H and O–H groups in total. The monoisotopic (exact) mass is 547 g/mol. The standard InChI is InChI=1S/C25H34ClN7O5/c1-14(2)20-23(36)28-15(3)21(34)27-12-17-13-33(32-31-17)9-6-10-38-19-11-16(26)7-8-18(19)22(35)30-25(4,5)24(37)29-20/h7-8,11,13-15,20H,6,9-10,12H2,1-5H3,(H,27,34)(H,28,36)(H,29,37)(H,30,35)/t15-,20+/m1/s1. The second-order valence-corrected chi connectivity index (χ2v) is 10.5. The summed E-state index contributed by atoms with van der Waals surface area (Å²) in [5, 5.41) is 19.3. The first kappa shape index (κ1) is 28.9. The minimum absolute atomic E-state index is 0.133. The van der Waals surface area contributed by atoms with Crippen molar-refractivity contribution < 1.29 is 23.9 Å². The number of carbonyl (C=O) groups excluding carboxylic acids is 4. The number of carbonyl (C=O) groups is 4. The average Bonchev–Trinajstić information content (AvgIpc) is 3.29. The van der Waals surface area contributed by atoms with E-state index in [4.69, 9.17) is 16.3 Å². The lowest BCUT2D eigenvalue weighted by Gasteiger charge is -2.30. The van der Waals surface area contributed by atoms with Crippen LogP contribution in [-0.4, -0.2) is 62.9 Å². The highest BCUT2D eigenvalue weighted by molar-refractivity contribution is 6.30. The van der Waals surface area contributed by atoms with E-state index >= 15 is 0 Å². The molecule has 4 amide bonds. The minimum atomic E-state index is -1.38. The summed E-state index contributed by atoms with van der Waals surface area (Å²) < 4.78 is 7.47. The maximum atomic E-state index is 13.2. The van der Waals surface area contributed by atoms with Gasteiger partial charge in [-0.05, 0) is 44.9 Å². The van der Waals surface area contributed by atoms with Crippen molar-refractivity contribution in [2.45, 2.75) is 71.8 Å². The Bertz CT molecular complexity index is 1200. The number of ether oxygens (including phenoxy) is 1. The summed E-state index contributed by atoms with van der Waals surface area (Å²) in [7, 11) is 0. The Kier molecular flexibility index (Phi) is 9.31. The molecule has 0 spiro atoms. The number of benzene rings is 1. The normalized spacial score (nSPS) is 21.7. The lowest BCUT2D eigenvalue weighted by Crippen LogP contribution is -2.61. The quantitative estimate of drug-likeness (QED) is 0.417. The Morgan fingerprint density at radius 1 is 1.13 bits per heavy atom. The topological polar surface area (TPSA) is 156 Å². The summed E-state index contributed by atoms with van der Waals surface area (Å²) in [4.78, 5) is 51.9. The van der Waals surface area contributed by atoms with Gasteiger partial charge in [0.05, 0.1) is 24.9 Å². The highest BCUT2D eigenvalue weighted by Gasteiger charge is 2.35. The highest BCUT2D eigenvalue weighted by atomic mass is 35.5. The summed E-state index contributed by atoms with van der Waals surface area (Å²) in [6.07, 6.45) is 2.26. The minimum Gasteiger partial charge on any atom is -0.493 e. The second kappa shape index (κ2) is 12.2. The number of hydrogen-bond acceptors (Lipinski definition) is 7. The molecule has 1 aromatic carbocycles. The third kappa shape index (κ3) is 7.44. The molecule has 12 nitrogen and oxygen atoms in total. The van der Waals surface area contributed by atoms with Gasteiger partial charge in [0.2, 0.25) is 17.7 Å². The fourth-order valence-electron chi connectivity index (χ4n) is 3.70. The number of aromatic nitrogens is 3. The molecule has 1 aliphatic heterocycles. The van der Waals surface area contributed by atoms with Gasteiger partial charge in [-0.15, -0.1) is 5.10 Å². The summed E-state index contributed by atoms with van der Waals surface area (Å²) in [5.41, 5.74) is -0.624. The zero-order chi connectivity index (χ0) is 28.0. The molecule has 2 atom stereocenters. The van der Waals surface area contributed by atoms with Crippen LogP contribution >= 0.6 is 11.6 Å². The molecule has 206 valence electrons. The van der Waals surface area contributed by atoms with Crippen molar-refractivity contribution in [3.8, 4) is 5.75 Å². The fraction of sp³-hybridized carbons (Fsp3) is 0.520. The molecular formula is C25H34ClN7O5. The molecule has 1 aromatic heterocycles. The molecule has 0 saturated carbocycles. The highest BCUT2D eigenvalue weighted by Crippen LogP contribution is 2.24. The van der Waals surface area contributed by atoms with E-state index in [2.05, 4.69) is 31.6 Å². The molecule has 0 unspecified atom stereocenters. The van der Waals surface area contributed by atoms with E-state index < -0.39 is 41.3 Å². The summed E-state index contributed by atoms with van der Waals surface area (Å²) in [6, 6.07) is 2.81. The molecule has 2 aromatic rings. The van der Waals surface area contributed by atoms with Crippen molar-refractivity contribution in [2.75, 3.05) is 6.61 Å². The van der Waals surface area contributed by atoms with Gasteiger partial charge in [0.25, 0.3) is 5.91 Å². The summed E-state index contributed by atoms with van der Waals surface area (Å²) in [6.45, 7) is 9.02. The van der Waals surface area contributed by atoms with Crippen LogP contribution in [0.4, 0.5) is 0 Å². The molecule has 0 saturated heterocycles. The van der Waals surface area contributed by atoms with Gasteiger partial charge in [0.15, 0.2) is 0 Å². The van der Waals surface area contributed by atoms with E-state index in [-0.39, 0.29) is 30.4 Å². The van der Waals surface area contributed by atoms with Crippen LogP contribution in [0.25, 0.3) is 0 Å². The molecule has 38 heavy (non-hydrogen) atoms. The van der Waals surface area contributed by atoms with E-state index in [0.29, 0.717) is 23.7 Å². The van der Waals surface area contributed by atoms with E-state index in [9.17, 15) is 19.2 Å². The lowest BCUT2D eigenvalue weighted by molar-refractivity contribution is -0.134. The predicted octanol–water partition coefficient (Wildman–Crippen LogP) is 1.18. The SMILES string of the molecule is CC(C)[C@@H]1NC(=O)C(C)(C)NC(=O)c2ccc(Cl)cc2OCCCn2cc(nn2)CNC(=O)[C@@H](C)NC1=O.